The normalized spacial score (nSPS) is 15.9. The van der Waals surface area contributed by atoms with Crippen LogP contribution in [-0.4, -0.2) is 61.0 Å². The summed E-state index contributed by atoms with van der Waals surface area (Å²) in [5.74, 6) is 0.549. The van der Waals surface area contributed by atoms with Gasteiger partial charge in [0.2, 0.25) is 5.95 Å². The zero-order valence-electron chi connectivity index (χ0n) is 13.0. The fourth-order valence-electron chi connectivity index (χ4n) is 2.38. The predicted octanol–water partition coefficient (Wildman–Crippen LogP) is 1.15. The molecular weight excluding hydrogens is 266 g/mol. The van der Waals surface area contributed by atoms with E-state index in [2.05, 4.69) is 20.2 Å². The first-order valence-electron chi connectivity index (χ1n) is 7.68. The molecule has 2 rings (SSSR count). The number of hydrogen-bond donors (Lipinski definition) is 1. The Bertz CT molecular complexity index is 455. The van der Waals surface area contributed by atoms with Crippen molar-refractivity contribution < 1.29 is 4.79 Å². The molecule has 1 aliphatic heterocycles. The maximum Gasteiger partial charge on any atom is 0.270 e. The molecule has 1 fully saturated rings. The van der Waals surface area contributed by atoms with Crippen LogP contribution in [0.15, 0.2) is 12.3 Å². The number of amides is 1. The van der Waals surface area contributed by atoms with E-state index >= 15 is 0 Å². The molecule has 116 valence electrons. The van der Waals surface area contributed by atoms with Gasteiger partial charge in [0.15, 0.2) is 0 Å². The van der Waals surface area contributed by atoms with Crippen molar-refractivity contribution in [1.29, 1.82) is 0 Å². The Morgan fingerprint density at radius 3 is 2.67 bits per heavy atom. The fraction of sp³-hybridized carbons (Fsp3) is 0.667. The molecule has 21 heavy (non-hydrogen) atoms. The SMILES string of the molecule is CN(C)CCNC(=O)c1ccnc(N2CCCCCC2)n1. The Kier molecular flexibility index (Phi) is 5.92. The minimum absolute atomic E-state index is 0.129. The minimum Gasteiger partial charge on any atom is -0.349 e. The van der Waals surface area contributed by atoms with E-state index in [1.807, 2.05) is 19.0 Å². The molecule has 1 saturated heterocycles. The molecule has 6 nitrogen and oxygen atoms in total. The molecule has 0 spiro atoms. The first-order valence-corrected chi connectivity index (χ1v) is 7.68. The second-order valence-electron chi connectivity index (χ2n) is 5.70. The number of rotatable bonds is 5. The van der Waals surface area contributed by atoms with Gasteiger partial charge in [-0.25, -0.2) is 9.97 Å². The van der Waals surface area contributed by atoms with Crippen molar-refractivity contribution in [1.82, 2.24) is 20.2 Å². The number of likely N-dealkylation sites (N-methyl/N-ethyl adjacent to an activating group) is 1. The van der Waals surface area contributed by atoms with Crippen molar-refractivity contribution in [2.24, 2.45) is 0 Å². The van der Waals surface area contributed by atoms with Crippen LogP contribution >= 0.6 is 0 Å². The average Bonchev–Trinajstić information content (AvgIpc) is 2.76. The van der Waals surface area contributed by atoms with Crippen LogP contribution in [0, 0.1) is 0 Å². The topological polar surface area (TPSA) is 61.4 Å². The van der Waals surface area contributed by atoms with Gasteiger partial charge in [0.05, 0.1) is 0 Å². The smallest absolute Gasteiger partial charge is 0.270 e. The maximum absolute atomic E-state index is 12.1. The molecule has 1 aliphatic rings. The second-order valence-corrected chi connectivity index (χ2v) is 5.70. The summed E-state index contributed by atoms with van der Waals surface area (Å²) in [6, 6.07) is 1.67. The van der Waals surface area contributed by atoms with Crippen LogP contribution in [0.2, 0.25) is 0 Å². The molecule has 0 unspecified atom stereocenters. The molecule has 0 saturated carbocycles. The summed E-state index contributed by atoms with van der Waals surface area (Å²) in [7, 11) is 3.96. The predicted molar refractivity (Wildman–Crippen MR) is 83.6 cm³/mol. The highest BCUT2D eigenvalue weighted by Gasteiger charge is 2.14. The number of anilines is 1. The van der Waals surface area contributed by atoms with Crippen LogP contribution in [0.1, 0.15) is 36.2 Å². The highest BCUT2D eigenvalue weighted by Crippen LogP contribution is 2.15. The third-order valence-electron chi connectivity index (χ3n) is 3.61. The lowest BCUT2D eigenvalue weighted by atomic mass is 10.2. The van der Waals surface area contributed by atoms with Gasteiger partial charge in [-0.05, 0) is 33.0 Å². The quantitative estimate of drug-likeness (QED) is 0.882. The van der Waals surface area contributed by atoms with E-state index in [4.69, 9.17) is 0 Å². The van der Waals surface area contributed by atoms with E-state index in [1.165, 1.54) is 25.7 Å². The van der Waals surface area contributed by atoms with Crippen molar-refractivity contribution in [3.8, 4) is 0 Å². The van der Waals surface area contributed by atoms with Gasteiger partial charge in [-0.3, -0.25) is 4.79 Å². The molecule has 0 bridgehead atoms. The monoisotopic (exact) mass is 291 g/mol. The molecule has 1 aromatic rings. The molecule has 0 aliphatic carbocycles. The first kappa shape index (κ1) is 15.7. The molecule has 1 amide bonds. The zero-order valence-corrected chi connectivity index (χ0v) is 13.0. The highest BCUT2D eigenvalue weighted by molar-refractivity contribution is 5.92. The average molecular weight is 291 g/mol. The van der Waals surface area contributed by atoms with Gasteiger partial charge < -0.3 is 15.1 Å². The Morgan fingerprint density at radius 1 is 1.29 bits per heavy atom. The van der Waals surface area contributed by atoms with Crippen molar-refractivity contribution in [2.75, 3.05) is 45.2 Å². The molecule has 0 aromatic carbocycles. The van der Waals surface area contributed by atoms with E-state index < -0.39 is 0 Å². The molecular formula is C15H25N5O. The maximum atomic E-state index is 12.1. The van der Waals surface area contributed by atoms with Gasteiger partial charge in [-0.2, -0.15) is 0 Å². The minimum atomic E-state index is -0.129. The second kappa shape index (κ2) is 7.93. The van der Waals surface area contributed by atoms with Crippen LogP contribution in [-0.2, 0) is 0 Å². The highest BCUT2D eigenvalue weighted by atomic mass is 16.1. The van der Waals surface area contributed by atoms with Crippen molar-refractivity contribution in [3.63, 3.8) is 0 Å². The van der Waals surface area contributed by atoms with Gasteiger partial charge >= 0.3 is 0 Å². The van der Waals surface area contributed by atoms with Gasteiger partial charge in [-0.15, -0.1) is 0 Å². The third-order valence-corrected chi connectivity index (χ3v) is 3.61. The lowest BCUT2D eigenvalue weighted by Gasteiger charge is -2.20. The van der Waals surface area contributed by atoms with Crippen molar-refractivity contribution in [2.45, 2.75) is 25.7 Å². The lowest BCUT2D eigenvalue weighted by Crippen LogP contribution is -2.32. The summed E-state index contributed by atoms with van der Waals surface area (Å²) < 4.78 is 0. The molecule has 6 heteroatoms. The summed E-state index contributed by atoms with van der Waals surface area (Å²) in [6.45, 7) is 3.39. The van der Waals surface area contributed by atoms with Gasteiger partial charge in [0.1, 0.15) is 5.69 Å². The van der Waals surface area contributed by atoms with Crippen LogP contribution in [0.5, 0.6) is 0 Å². The number of carbonyl (C=O) groups excluding carboxylic acids is 1. The number of carbonyl (C=O) groups is 1. The molecule has 0 radical (unpaired) electrons. The van der Waals surface area contributed by atoms with E-state index in [-0.39, 0.29) is 5.91 Å². The van der Waals surface area contributed by atoms with E-state index in [1.54, 1.807) is 12.3 Å². The summed E-state index contributed by atoms with van der Waals surface area (Å²) in [4.78, 5) is 25.1. The zero-order chi connectivity index (χ0) is 15.1. The van der Waals surface area contributed by atoms with Gasteiger partial charge in [0.25, 0.3) is 5.91 Å². The van der Waals surface area contributed by atoms with E-state index in [0.29, 0.717) is 18.2 Å². The number of nitrogens with one attached hydrogen (secondary N) is 1. The molecule has 1 N–H and O–H groups in total. The van der Waals surface area contributed by atoms with E-state index in [9.17, 15) is 4.79 Å². The van der Waals surface area contributed by atoms with Crippen LogP contribution < -0.4 is 10.2 Å². The van der Waals surface area contributed by atoms with Crippen molar-refractivity contribution >= 4 is 11.9 Å². The fourth-order valence-corrected chi connectivity index (χ4v) is 2.38. The van der Waals surface area contributed by atoms with Crippen LogP contribution in [0.4, 0.5) is 5.95 Å². The third kappa shape index (κ3) is 4.97. The number of aromatic nitrogens is 2. The summed E-state index contributed by atoms with van der Waals surface area (Å²) in [5, 5.41) is 2.88. The lowest BCUT2D eigenvalue weighted by molar-refractivity contribution is 0.0946. The largest absolute Gasteiger partial charge is 0.349 e. The van der Waals surface area contributed by atoms with Crippen LogP contribution in [0.25, 0.3) is 0 Å². The van der Waals surface area contributed by atoms with Crippen LogP contribution in [0.3, 0.4) is 0 Å². The Balaban J connectivity index is 1.97. The van der Waals surface area contributed by atoms with Crippen molar-refractivity contribution in [3.05, 3.63) is 18.0 Å². The molecule has 0 atom stereocenters. The number of nitrogens with zero attached hydrogens (tertiary/aromatic N) is 4. The van der Waals surface area contributed by atoms with Gasteiger partial charge in [0, 0.05) is 32.4 Å². The van der Waals surface area contributed by atoms with E-state index in [0.717, 1.165) is 19.6 Å². The number of hydrogen-bond acceptors (Lipinski definition) is 5. The van der Waals surface area contributed by atoms with Gasteiger partial charge in [-0.1, -0.05) is 12.8 Å². The molecule has 2 heterocycles. The Hall–Kier alpha value is -1.69. The summed E-state index contributed by atoms with van der Waals surface area (Å²) in [6.07, 6.45) is 6.54. The standard InChI is InChI=1S/C15H25N5O/c1-19(2)12-9-16-14(21)13-7-8-17-15(18-13)20-10-5-3-4-6-11-20/h7-8H,3-6,9-12H2,1-2H3,(H,16,21). The summed E-state index contributed by atoms with van der Waals surface area (Å²) >= 11 is 0. The molecule has 1 aromatic heterocycles. The first-order chi connectivity index (χ1) is 10.2. The Morgan fingerprint density at radius 2 is 2.00 bits per heavy atom. The Labute approximate surface area is 126 Å². The summed E-state index contributed by atoms with van der Waals surface area (Å²) in [5.41, 5.74) is 0.447.